The largest absolute Gasteiger partial charge is 0.444 e. The maximum atomic E-state index is 13.3. The van der Waals surface area contributed by atoms with Gasteiger partial charge in [-0.15, -0.1) is 0 Å². The van der Waals surface area contributed by atoms with Crippen molar-refractivity contribution in [2.24, 2.45) is 0 Å². The molecule has 1 rings (SSSR count). The Balaban J connectivity index is 2.83. The normalized spacial score (nSPS) is 11.1. The second-order valence-electron chi connectivity index (χ2n) is 5.63. The number of Topliss-reactive ketones (excluding diaryl/α,β-unsaturated/α-hetero) is 1. The van der Waals surface area contributed by atoms with Gasteiger partial charge in [0.15, 0.2) is 0 Å². The van der Waals surface area contributed by atoms with E-state index in [1.807, 2.05) is 0 Å². The molecule has 0 aliphatic rings. The topological polar surface area (TPSA) is 55.4 Å². The van der Waals surface area contributed by atoms with Crippen LogP contribution in [-0.4, -0.2) is 17.5 Å². The van der Waals surface area contributed by atoms with Crippen LogP contribution in [0.2, 0.25) is 0 Å². The van der Waals surface area contributed by atoms with Crippen LogP contribution in [0.3, 0.4) is 0 Å². The number of ketones is 1. The number of carbonyl (C=O) groups is 2. The molecule has 1 N–H and O–H groups in total. The average molecular weight is 281 g/mol. The van der Waals surface area contributed by atoms with Crippen LogP contribution in [0.15, 0.2) is 18.2 Å². The zero-order valence-corrected chi connectivity index (χ0v) is 12.2. The van der Waals surface area contributed by atoms with Gasteiger partial charge in [0.1, 0.15) is 17.2 Å². The lowest BCUT2D eigenvalue weighted by atomic mass is 10.1. The predicted molar refractivity (Wildman–Crippen MR) is 75.3 cm³/mol. The summed E-state index contributed by atoms with van der Waals surface area (Å²) in [6.07, 6.45) is 0.0678. The van der Waals surface area contributed by atoms with Gasteiger partial charge in [-0.05, 0) is 57.9 Å². The number of amides is 1. The van der Waals surface area contributed by atoms with Crippen LogP contribution in [0, 0.1) is 5.82 Å². The van der Waals surface area contributed by atoms with Crippen LogP contribution in [0.5, 0.6) is 0 Å². The van der Waals surface area contributed by atoms with Crippen LogP contribution in [0.1, 0.15) is 39.7 Å². The third kappa shape index (κ3) is 5.82. The first-order chi connectivity index (χ1) is 9.17. The van der Waals surface area contributed by atoms with E-state index in [2.05, 4.69) is 5.32 Å². The summed E-state index contributed by atoms with van der Waals surface area (Å²) < 4.78 is 18.4. The smallest absolute Gasteiger partial charge is 0.412 e. The third-order valence-corrected chi connectivity index (χ3v) is 2.45. The number of benzene rings is 1. The number of hydrogen-bond donors (Lipinski definition) is 1. The Labute approximate surface area is 118 Å². The monoisotopic (exact) mass is 281 g/mol. The van der Waals surface area contributed by atoms with E-state index in [4.69, 9.17) is 4.74 Å². The standard InChI is InChI=1S/C15H20FNO3/c1-10(18)5-6-11-9-12(16)7-8-13(11)17-14(19)20-15(2,3)4/h7-9H,5-6H2,1-4H3,(H,17,19). The zero-order chi connectivity index (χ0) is 15.3. The first kappa shape index (κ1) is 16.1. The van der Waals surface area contributed by atoms with Crippen molar-refractivity contribution in [1.29, 1.82) is 0 Å². The van der Waals surface area contributed by atoms with E-state index in [-0.39, 0.29) is 5.78 Å². The lowest BCUT2D eigenvalue weighted by molar-refractivity contribution is -0.116. The van der Waals surface area contributed by atoms with Crippen LogP contribution in [0.4, 0.5) is 14.9 Å². The summed E-state index contributed by atoms with van der Waals surface area (Å²) in [7, 11) is 0. The van der Waals surface area contributed by atoms with Crippen molar-refractivity contribution in [2.45, 2.75) is 46.1 Å². The van der Waals surface area contributed by atoms with Gasteiger partial charge in [-0.2, -0.15) is 0 Å². The zero-order valence-electron chi connectivity index (χ0n) is 12.2. The lowest BCUT2D eigenvalue weighted by Crippen LogP contribution is -2.27. The molecule has 0 atom stereocenters. The van der Waals surface area contributed by atoms with Crippen molar-refractivity contribution in [1.82, 2.24) is 0 Å². The number of carbonyl (C=O) groups excluding carboxylic acids is 2. The minimum atomic E-state index is -0.607. The van der Waals surface area contributed by atoms with E-state index < -0.39 is 17.5 Å². The Morgan fingerprint density at radius 1 is 1.30 bits per heavy atom. The first-order valence-electron chi connectivity index (χ1n) is 6.45. The summed E-state index contributed by atoms with van der Waals surface area (Å²) >= 11 is 0. The van der Waals surface area contributed by atoms with E-state index in [1.165, 1.54) is 25.1 Å². The van der Waals surface area contributed by atoms with Crippen LogP contribution in [0.25, 0.3) is 0 Å². The molecule has 0 bridgehead atoms. The lowest BCUT2D eigenvalue weighted by Gasteiger charge is -2.20. The average Bonchev–Trinajstić information content (AvgIpc) is 2.26. The Morgan fingerprint density at radius 3 is 2.50 bits per heavy atom. The number of hydrogen-bond acceptors (Lipinski definition) is 3. The second kappa shape index (κ2) is 6.50. The van der Waals surface area contributed by atoms with Crippen LogP contribution >= 0.6 is 0 Å². The molecule has 0 saturated heterocycles. The number of rotatable bonds is 4. The van der Waals surface area contributed by atoms with E-state index in [0.29, 0.717) is 24.1 Å². The molecule has 5 heteroatoms. The molecule has 20 heavy (non-hydrogen) atoms. The van der Waals surface area contributed by atoms with Crippen molar-refractivity contribution in [3.05, 3.63) is 29.6 Å². The van der Waals surface area contributed by atoms with Gasteiger partial charge in [0.25, 0.3) is 0 Å². The Morgan fingerprint density at radius 2 is 1.95 bits per heavy atom. The molecule has 0 unspecified atom stereocenters. The molecule has 1 aromatic rings. The summed E-state index contributed by atoms with van der Waals surface area (Å²) in [5.41, 5.74) is 0.428. The van der Waals surface area contributed by atoms with Crippen molar-refractivity contribution in [2.75, 3.05) is 5.32 Å². The maximum Gasteiger partial charge on any atom is 0.412 e. The molecule has 0 aliphatic carbocycles. The second-order valence-corrected chi connectivity index (χ2v) is 5.63. The highest BCUT2D eigenvalue weighted by atomic mass is 19.1. The van der Waals surface area contributed by atoms with Crippen LogP contribution < -0.4 is 5.32 Å². The molecule has 1 amide bonds. The highest BCUT2D eigenvalue weighted by Gasteiger charge is 2.17. The quantitative estimate of drug-likeness (QED) is 0.915. The molecular weight excluding hydrogens is 261 g/mol. The van der Waals surface area contributed by atoms with Gasteiger partial charge < -0.3 is 9.53 Å². The van der Waals surface area contributed by atoms with Gasteiger partial charge in [0.05, 0.1) is 0 Å². The van der Waals surface area contributed by atoms with Gasteiger partial charge in [-0.1, -0.05) is 0 Å². The summed E-state index contributed by atoms with van der Waals surface area (Å²) in [4.78, 5) is 22.7. The van der Waals surface area contributed by atoms with Gasteiger partial charge in [-0.25, -0.2) is 9.18 Å². The Kier molecular flexibility index (Phi) is 5.25. The van der Waals surface area contributed by atoms with Gasteiger partial charge >= 0.3 is 6.09 Å². The van der Waals surface area contributed by atoms with Gasteiger partial charge in [-0.3, -0.25) is 5.32 Å². The molecule has 0 spiro atoms. The summed E-state index contributed by atoms with van der Waals surface area (Å²) in [5.74, 6) is -0.393. The number of halogens is 1. The molecular formula is C15H20FNO3. The Bertz CT molecular complexity index is 506. The molecule has 0 aliphatic heterocycles. The molecule has 4 nitrogen and oxygen atoms in total. The molecule has 0 radical (unpaired) electrons. The summed E-state index contributed by atoms with van der Waals surface area (Å²) in [6, 6.07) is 4.04. The predicted octanol–water partition coefficient (Wildman–Crippen LogP) is 3.69. The number of nitrogens with one attached hydrogen (secondary N) is 1. The van der Waals surface area contributed by atoms with Gasteiger partial charge in [0, 0.05) is 12.1 Å². The SMILES string of the molecule is CC(=O)CCc1cc(F)ccc1NC(=O)OC(C)(C)C. The first-order valence-corrected chi connectivity index (χ1v) is 6.45. The minimum absolute atomic E-state index is 0.0116. The fourth-order valence-electron chi connectivity index (χ4n) is 1.62. The van der Waals surface area contributed by atoms with E-state index in [9.17, 15) is 14.0 Å². The fraction of sp³-hybridized carbons (Fsp3) is 0.467. The van der Waals surface area contributed by atoms with Crippen molar-refractivity contribution >= 4 is 17.6 Å². The highest BCUT2D eigenvalue weighted by Crippen LogP contribution is 2.20. The molecule has 1 aromatic carbocycles. The number of anilines is 1. The van der Waals surface area contributed by atoms with E-state index in [1.54, 1.807) is 20.8 Å². The van der Waals surface area contributed by atoms with Gasteiger partial charge in [0.2, 0.25) is 0 Å². The molecule has 0 saturated carbocycles. The van der Waals surface area contributed by atoms with E-state index >= 15 is 0 Å². The summed E-state index contributed by atoms with van der Waals surface area (Å²) in [5, 5.41) is 2.58. The number of aryl methyl sites for hydroxylation is 1. The van der Waals surface area contributed by atoms with E-state index in [0.717, 1.165) is 0 Å². The molecule has 110 valence electrons. The highest BCUT2D eigenvalue weighted by molar-refractivity contribution is 5.86. The van der Waals surface area contributed by atoms with Crippen molar-refractivity contribution in [3.8, 4) is 0 Å². The third-order valence-electron chi connectivity index (χ3n) is 2.45. The number of ether oxygens (including phenoxy) is 1. The molecule has 0 fully saturated rings. The van der Waals surface area contributed by atoms with Crippen LogP contribution in [-0.2, 0) is 16.0 Å². The molecule has 0 aromatic heterocycles. The van der Waals surface area contributed by atoms with Crippen molar-refractivity contribution in [3.63, 3.8) is 0 Å². The fourth-order valence-corrected chi connectivity index (χ4v) is 1.62. The Hall–Kier alpha value is -1.91. The molecule has 0 heterocycles. The minimum Gasteiger partial charge on any atom is -0.444 e. The maximum absolute atomic E-state index is 13.3. The summed E-state index contributed by atoms with van der Waals surface area (Å²) in [6.45, 7) is 6.75. The van der Waals surface area contributed by atoms with Crippen molar-refractivity contribution < 1.29 is 18.7 Å².